The molecule has 0 fully saturated rings. The summed E-state index contributed by atoms with van der Waals surface area (Å²) < 4.78 is 0. The maximum Gasteiger partial charge on any atom is 0.237 e. The van der Waals surface area contributed by atoms with Crippen LogP contribution in [0.5, 0.6) is 0 Å². The van der Waals surface area contributed by atoms with Crippen LogP contribution in [0.1, 0.15) is 51.8 Å². The van der Waals surface area contributed by atoms with Gasteiger partial charge in [-0.25, -0.2) is 0 Å². The summed E-state index contributed by atoms with van der Waals surface area (Å²) in [5.74, 6) is -0.149. The summed E-state index contributed by atoms with van der Waals surface area (Å²) in [6, 6.07) is 7.29. The van der Waals surface area contributed by atoms with Crippen LogP contribution in [0.15, 0.2) is 24.3 Å². The van der Waals surface area contributed by atoms with E-state index in [9.17, 15) is 9.90 Å². The molecule has 1 rings (SSSR count). The molecule has 0 spiro atoms. The minimum absolute atomic E-state index is 0.0770. The third kappa shape index (κ3) is 5.14. The average Bonchev–Trinajstić information content (AvgIpc) is 2.42. The number of hydrogen-bond donors (Lipinski definition) is 3. The van der Waals surface area contributed by atoms with Gasteiger partial charge in [0.15, 0.2) is 0 Å². The maximum atomic E-state index is 11.8. The first-order chi connectivity index (χ1) is 9.62. The lowest BCUT2D eigenvalue weighted by atomic mass is 9.86. The van der Waals surface area contributed by atoms with Gasteiger partial charge in [0.2, 0.25) is 5.91 Å². The molecule has 0 saturated carbocycles. The minimum Gasteiger partial charge on any atom is -0.387 e. The number of nitrogens with two attached hydrogens (primary N) is 1. The lowest BCUT2D eigenvalue weighted by Gasteiger charge is -2.21. The summed E-state index contributed by atoms with van der Waals surface area (Å²) in [7, 11) is 0. The second-order valence-corrected chi connectivity index (χ2v) is 6.90. The second-order valence-electron chi connectivity index (χ2n) is 6.90. The van der Waals surface area contributed by atoms with E-state index >= 15 is 0 Å². The highest BCUT2D eigenvalue weighted by Gasteiger charge is 2.19. The van der Waals surface area contributed by atoms with Gasteiger partial charge in [-0.2, -0.15) is 0 Å². The molecule has 4 heteroatoms. The van der Waals surface area contributed by atoms with Gasteiger partial charge < -0.3 is 16.2 Å². The number of benzene rings is 1. The zero-order chi connectivity index (χ0) is 16.2. The van der Waals surface area contributed by atoms with E-state index < -0.39 is 12.1 Å². The number of rotatable bonds is 5. The molecular weight excluding hydrogens is 264 g/mol. The SMILES string of the molecule is CC(C)[C@H](N)C(=O)NCC(O)c1ccc(C(C)(C)C)cc1. The van der Waals surface area contributed by atoms with Gasteiger partial charge in [0.1, 0.15) is 0 Å². The van der Waals surface area contributed by atoms with Crippen LogP contribution in [-0.4, -0.2) is 23.6 Å². The van der Waals surface area contributed by atoms with Crippen LogP contribution in [-0.2, 0) is 10.2 Å². The topological polar surface area (TPSA) is 75.4 Å². The fourth-order valence-electron chi connectivity index (χ4n) is 1.94. The van der Waals surface area contributed by atoms with E-state index in [2.05, 4.69) is 26.1 Å². The summed E-state index contributed by atoms with van der Waals surface area (Å²) in [6.45, 7) is 10.4. The molecule has 0 radical (unpaired) electrons. The predicted molar refractivity (Wildman–Crippen MR) is 85.9 cm³/mol. The zero-order valence-electron chi connectivity index (χ0n) is 13.7. The largest absolute Gasteiger partial charge is 0.387 e. The summed E-state index contributed by atoms with van der Waals surface area (Å²) in [4.78, 5) is 11.8. The van der Waals surface area contributed by atoms with Crippen molar-refractivity contribution >= 4 is 5.91 Å². The molecule has 118 valence electrons. The van der Waals surface area contributed by atoms with Gasteiger partial charge in [-0.1, -0.05) is 58.9 Å². The smallest absolute Gasteiger partial charge is 0.237 e. The van der Waals surface area contributed by atoms with E-state index in [1.807, 2.05) is 38.1 Å². The number of amides is 1. The van der Waals surface area contributed by atoms with Crippen molar-refractivity contribution in [3.8, 4) is 0 Å². The van der Waals surface area contributed by atoms with E-state index in [0.29, 0.717) is 0 Å². The van der Waals surface area contributed by atoms with Crippen molar-refractivity contribution in [2.75, 3.05) is 6.54 Å². The summed E-state index contributed by atoms with van der Waals surface area (Å²) in [5, 5.41) is 12.8. The molecule has 1 unspecified atom stereocenters. The molecule has 2 atom stereocenters. The maximum absolute atomic E-state index is 11.8. The van der Waals surface area contributed by atoms with Crippen molar-refractivity contribution in [3.05, 3.63) is 35.4 Å². The molecule has 0 aliphatic carbocycles. The number of aliphatic hydroxyl groups is 1. The van der Waals surface area contributed by atoms with Crippen molar-refractivity contribution in [1.29, 1.82) is 0 Å². The molecule has 21 heavy (non-hydrogen) atoms. The van der Waals surface area contributed by atoms with Gasteiger partial charge in [-0.05, 0) is 22.5 Å². The molecule has 1 aromatic carbocycles. The lowest BCUT2D eigenvalue weighted by molar-refractivity contribution is -0.123. The van der Waals surface area contributed by atoms with Crippen molar-refractivity contribution in [3.63, 3.8) is 0 Å². The van der Waals surface area contributed by atoms with Crippen LogP contribution in [0.3, 0.4) is 0 Å². The van der Waals surface area contributed by atoms with Crippen molar-refractivity contribution < 1.29 is 9.90 Å². The normalized spacial score (nSPS) is 14.9. The van der Waals surface area contributed by atoms with Crippen LogP contribution in [0.2, 0.25) is 0 Å². The monoisotopic (exact) mass is 292 g/mol. The third-order valence-corrected chi connectivity index (χ3v) is 3.65. The number of hydrogen-bond acceptors (Lipinski definition) is 3. The van der Waals surface area contributed by atoms with Crippen LogP contribution in [0.4, 0.5) is 0 Å². The highest BCUT2D eigenvalue weighted by atomic mass is 16.3. The third-order valence-electron chi connectivity index (χ3n) is 3.65. The molecule has 4 nitrogen and oxygen atoms in total. The molecule has 0 aromatic heterocycles. The summed E-state index contributed by atoms with van der Waals surface area (Å²) in [6.07, 6.45) is -0.720. The van der Waals surface area contributed by atoms with Crippen LogP contribution in [0, 0.1) is 5.92 Å². The molecule has 0 heterocycles. The highest BCUT2D eigenvalue weighted by Crippen LogP contribution is 2.23. The van der Waals surface area contributed by atoms with E-state index in [1.54, 1.807) is 0 Å². The van der Waals surface area contributed by atoms with Gasteiger partial charge in [-0.15, -0.1) is 0 Å². The van der Waals surface area contributed by atoms with Gasteiger partial charge in [0.05, 0.1) is 12.1 Å². The molecule has 4 N–H and O–H groups in total. The van der Waals surface area contributed by atoms with Crippen LogP contribution in [0.25, 0.3) is 0 Å². The van der Waals surface area contributed by atoms with Crippen LogP contribution >= 0.6 is 0 Å². The van der Waals surface area contributed by atoms with E-state index in [-0.39, 0.29) is 23.8 Å². The lowest BCUT2D eigenvalue weighted by Crippen LogP contribution is -2.45. The van der Waals surface area contributed by atoms with Gasteiger partial charge in [-0.3, -0.25) is 4.79 Å². The fraction of sp³-hybridized carbons (Fsp3) is 0.588. The molecule has 0 aliphatic heterocycles. The predicted octanol–water partition coefficient (Wildman–Crippen LogP) is 2.12. The Balaban J connectivity index is 2.60. The Hall–Kier alpha value is -1.39. The molecule has 0 aliphatic rings. The Kier molecular flexibility index (Phi) is 5.93. The van der Waals surface area contributed by atoms with E-state index in [0.717, 1.165) is 5.56 Å². The number of aliphatic hydroxyl groups excluding tert-OH is 1. The van der Waals surface area contributed by atoms with Gasteiger partial charge in [0.25, 0.3) is 0 Å². The van der Waals surface area contributed by atoms with Crippen molar-refractivity contribution in [2.45, 2.75) is 52.2 Å². The highest BCUT2D eigenvalue weighted by molar-refractivity contribution is 5.81. The minimum atomic E-state index is -0.720. The standard InChI is InChI=1S/C17H28N2O2/c1-11(2)15(18)16(21)19-10-14(20)12-6-8-13(9-7-12)17(3,4)5/h6-9,11,14-15,20H,10,18H2,1-5H3,(H,19,21)/t14?,15-/m0/s1. The first-order valence-corrected chi connectivity index (χ1v) is 7.44. The molecule has 0 saturated heterocycles. The number of nitrogens with one attached hydrogen (secondary N) is 1. The fourth-order valence-corrected chi connectivity index (χ4v) is 1.94. The van der Waals surface area contributed by atoms with Gasteiger partial charge >= 0.3 is 0 Å². The second kappa shape index (κ2) is 7.05. The zero-order valence-corrected chi connectivity index (χ0v) is 13.7. The first-order valence-electron chi connectivity index (χ1n) is 7.44. The number of carbonyl (C=O) groups is 1. The molecule has 1 aromatic rings. The van der Waals surface area contributed by atoms with Crippen molar-refractivity contribution in [1.82, 2.24) is 5.32 Å². The molecule has 1 amide bonds. The van der Waals surface area contributed by atoms with E-state index in [1.165, 1.54) is 5.56 Å². The Morgan fingerprint density at radius 1 is 1.24 bits per heavy atom. The van der Waals surface area contributed by atoms with Gasteiger partial charge in [0, 0.05) is 6.54 Å². The summed E-state index contributed by atoms with van der Waals surface area (Å²) in [5.41, 5.74) is 7.85. The molecular formula is C17H28N2O2. The van der Waals surface area contributed by atoms with E-state index in [4.69, 9.17) is 5.73 Å². The average molecular weight is 292 g/mol. The molecule has 0 bridgehead atoms. The van der Waals surface area contributed by atoms with Crippen molar-refractivity contribution in [2.24, 2.45) is 11.7 Å². The first kappa shape index (κ1) is 17.7. The number of carbonyl (C=O) groups excluding carboxylic acids is 1. The Morgan fingerprint density at radius 2 is 1.76 bits per heavy atom. The quantitative estimate of drug-likeness (QED) is 0.778. The Bertz CT molecular complexity index is 461. The van der Waals surface area contributed by atoms with Crippen LogP contribution < -0.4 is 11.1 Å². The Labute approximate surface area is 127 Å². The summed E-state index contributed by atoms with van der Waals surface area (Å²) >= 11 is 0. The Morgan fingerprint density at radius 3 is 2.19 bits per heavy atom.